The van der Waals surface area contributed by atoms with Crippen molar-refractivity contribution in [2.45, 2.75) is 31.1 Å². The summed E-state index contributed by atoms with van der Waals surface area (Å²) in [5.41, 5.74) is 0. The quantitative estimate of drug-likeness (QED) is 0.788. The molecule has 18 heavy (non-hydrogen) atoms. The average molecular weight is 269 g/mol. The van der Waals surface area contributed by atoms with Gasteiger partial charge in [-0.1, -0.05) is 12.8 Å². The van der Waals surface area contributed by atoms with Crippen molar-refractivity contribution in [2.24, 2.45) is 5.92 Å². The molecule has 0 unspecified atom stereocenters. The second kappa shape index (κ2) is 5.67. The number of nitrogens with zero attached hydrogens (tertiary/aromatic N) is 1. The molecule has 1 saturated carbocycles. The van der Waals surface area contributed by atoms with Crippen LogP contribution in [-0.4, -0.2) is 26.5 Å². The predicted molar refractivity (Wildman–Crippen MR) is 70.9 cm³/mol. The summed E-state index contributed by atoms with van der Waals surface area (Å²) >= 11 is 0. The fourth-order valence-corrected chi connectivity index (χ4v) is 2.70. The Hall–Kier alpha value is -1.14. The molecule has 0 bridgehead atoms. The number of aromatic nitrogens is 1. The molecule has 1 aromatic rings. The van der Waals surface area contributed by atoms with E-state index in [-0.39, 0.29) is 4.90 Å². The summed E-state index contributed by atoms with van der Waals surface area (Å²) in [6.07, 6.45) is 4.79. The van der Waals surface area contributed by atoms with Crippen molar-refractivity contribution in [3.05, 3.63) is 18.3 Å². The molecule has 2 N–H and O–H groups in total. The Balaban J connectivity index is 1.94. The Kier molecular flexibility index (Phi) is 4.19. The first-order chi connectivity index (χ1) is 8.62. The van der Waals surface area contributed by atoms with Crippen molar-refractivity contribution in [1.82, 2.24) is 9.71 Å². The van der Waals surface area contributed by atoms with E-state index < -0.39 is 10.0 Å². The molecular formula is C12H19N3O2S. The van der Waals surface area contributed by atoms with Crippen LogP contribution in [0.15, 0.2) is 23.2 Å². The Labute approximate surface area is 108 Å². The summed E-state index contributed by atoms with van der Waals surface area (Å²) in [5, 5.41) is 3.03. The van der Waals surface area contributed by atoms with Crippen LogP contribution in [0.3, 0.4) is 0 Å². The van der Waals surface area contributed by atoms with Gasteiger partial charge in [0.15, 0.2) is 0 Å². The number of anilines is 1. The first-order valence-electron chi connectivity index (χ1n) is 6.31. The zero-order chi connectivity index (χ0) is 13.0. The third-order valence-electron chi connectivity index (χ3n) is 2.95. The molecule has 6 heteroatoms. The second-order valence-corrected chi connectivity index (χ2v) is 6.31. The summed E-state index contributed by atoms with van der Waals surface area (Å²) in [4.78, 5) is 4.28. The van der Waals surface area contributed by atoms with Gasteiger partial charge in [0.2, 0.25) is 10.0 Å². The van der Waals surface area contributed by atoms with Crippen molar-refractivity contribution in [2.75, 3.05) is 18.4 Å². The van der Waals surface area contributed by atoms with Crippen molar-refractivity contribution in [3.8, 4) is 0 Å². The van der Waals surface area contributed by atoms with Gasteiger partial charge in [0.1, 0.15) is 10.7 Å². The van der Waals surface area contributed by atoms with Crippen LogP contribution in [0.5, 0.6) is 0 Å². The fraction of sp³-hybridized carbons (Fsp3) is 0.583. The Bertz CT molecular complexity index is 481. The zero-order valence-electron chi connectivity index (χ0n) is 10.5. The number of hydrogen-bond donors (Lipinski definition) is 2. The highest BCUT2D eigenvalue weighted by atomic mass is 32.2. The molecule has 1 aliphatic rings. The fourth-order valence-electron chi connectivity index (χ4n) is 1.71. The van der Waals surface area contributed by atoms with Crippen LogP contribution in [0.1, 0.15) is 26.2 Å². The number of hydrogen-bond acceptors (Lipinski definition) is 4. The first kappa shape index (κ1) is 13.3. The summed E-state index contributed by atoms with van der Waals surface area (Å²) in [5.74, 6) is 1.41. The Morgan fingerprint density at radius 2 is 2.17 bits per heavy atom. The van der Waals surface area contributed by atoms with Gasteiger partial charge in [0.05, 0.1) is 0 Å². The van der Waals surface area contributed by atoms with Gasteiger partial charge in [0, 0.05) is 19.3 Å². The summed E-state index contributed by atoms with van der Waals surface area (Å²) in [6, 6.07) is 3.25. The minimum absolute atomic E-state index is 0.222. The van der Waals surface area contributed by atoms with Gasteiger partial charge in [-0.05, 0) is 31.4 Å². The van der Waals surface area contributed by atoms with Crippen molar-refractivity contribution in [3.63, 3.8) is 0 Å². The van der Waals surface area contributed by atoms with Crippen molar-refractivity contribution in [1.29, 1.82) is 0 Å². The van der Waals surface area contributed by atoms with Gasteiger partial charge in [0.25, 0.3) is 0 Å². The van der Waals surface area contributed by atoms with Gasteiger partial charge < -0.3 is 5.32 Å². The van der Waals surface area contributed by atoms with Crippen LogP contribution >= 0.6 is 0 Å². The normalized spacial score (nSPS) is 15.6. The zero-order valence-corrected chi connectivity index (χ0v) is 11.3. The van der Waals surface area contributed by atoms with Crippen LogP contribution in [0.4, 0.5) is 5.82 Å². The summed E-state index contributed by atoms with van der Waals surface area (Å²) in [6.45, 7) is 3.24. The Morgan fingerprint density at radius 3 is 2.72 bits per heavy atom. The number of pyridine rings is 1. The third kappa shape index (κ3) is 3.68. The van der Waals surface area contributed by atoms with Crippen LogP contribution < -0.4 is 10.0 Å². The van der Waals surface area contributed by atoms with E-state index in [1.54, 1.807) is 12.1 Å². The molecular weight excluding hydrogens is 250 g/mol. The number of nitrogens with one attached hydrogen (secondary N) is 2. The van der Waals surface area contributed by atoms with Gasteiger partial charge in [-0.15, -0.1) is 0 Å². The van der Waals surface area contributed by atoms with E-state index in [1.165, 1.54) is 19.0 Å². The van der Waals surface area contributed by atoms with Crippen molar-refractivity contribution < 1.29 is 8.42 Å². The lowest BCUT2D eigenvalue weighted by atomic mass is 10.3. The molecule has 0 spiro atoms. The molecule has 1 aromatic heterocycles. The van der Waals surface area contributed by atoms with E-state index >= 15 is 0 Å². The molecule has 0 atom stereocenters. The van der Waals surface area contributed by atoms with Crippen LogP contribution in [0.25, 0.3) is 0 Å². The maximum atomic E-state index is 11.9. The minimum Gasteiger partial charge on any atom is -0.370 e. The van der Waals surface area contributed by atoms with Crippen LogP contribution in [0.2, 0.25) is 0 Å². The highest BCUT2D eigenvalue weighted by Crippen LogP contribution is 2.31. The van der Waals surface area contributed by atoms with E-state index in [0.717, 1.165) is 18.9 Å². The molecule has 2 rings (SSSR count). The van der Waals surface area contributed by atoms with E-state index in [4.69, 9.17) is 0 Å². The Morgan fingerprint density at radius 1 is 1.39 bits per heavy atom. The van der Waals surface area contributed by atoms with Gasteiger partial charge >= 0.3 is 0 Å². The van der Waals surface area contributed by atoms with E-state index in [0.29, 0.717) is 12.4 Å². The smallest absolute Gasteiger partial charge is 0.242 e. The molecule has 0 saturated heterocycles. The lowest BCUT2D eigenvalue weighted by Gasteiger charge is -2.07. The lowest BCUT2D eigenvalue weighted by Crippen LogP contribution is -2.25. The molecule has 1 aliphatic carbocycles. The van der Waals surface area contributed by atoms with Crippen LogP contribution in [-0.2, 0) is 10.0 Å². The predicted octanol–water partition coefficient (Wildman–Crippen LogP) is 1.59. The maximum absolute atomic E-state index is 11.9. The van der Waals surface area contributed by atoms with Crippen LogP contribution in [0, 0.1) is 5.92 Å². The van der Waals surface area contributed by atoms with E-state index in [9.17, 15) is 8.42 Å². The topological polar surface area (TPSA) is 71.1 Å². The molecule has 0 amide bonds. The standard InChI is InChI=1S/C12H19N3O2S/c1-2-13-12-6-5-11(9-14-12)18(16,17)15-8-7-10-3-4-10/h5-6,9-10,15H,2-4,7-8H2,1H3,(H,13,14). The largest absolute Gasteiger partial charge is 0.370 e. The van der Waals surface area contributed by atoms with Gasteiger partial charge in [-0.2, -0.15) is 0 Å². The summed E-state index contributed by atoms with van der Waals surface area (Å²) in [7, 11) is -3.40. The third-order valence-corrected chi connectivity index (χ3v) is 4.39. The monoisotopic (exact) mass is 269 g/mol. The van der Waals surface area contributed by atoms with E-state index in [2.05, 4.69) is 15.0 Å². The molecule has 1 fully saturated rings. The SMILES string of the molecule is CCNc1ccc(S(=O)(=O)NCCC2CC2)cn1. The molecule has 0 aliphatic heterocycles. The molecule has 5 nitrogen and oxygen atoms in total. The average Bonchev–Trinajstić information content (AvgIpc) is 3.14. The number of sulfonamides is 1. The highest BCUT2D eigenvalue weighted by Gasteiger charge is 2.22. The van der Waals surface area contributed by atoms with Crippen molar-refractivity contribution >= 4 is 15.8 Å². The molecule has 100 valence electrons. The highest BCUT2D eigenvalue weighted by molar-refractivity contribution is 7.89. The van der Waals surface area contributed by atoms with Gasteiger partial charge in [-0.25, -0.2) is 18.1 Å². The minimum atomic E-state index is -3.40. The second-order valence-electron chi connectivity index (χ2n) is 4.54. The first-order valence-corrected chi connectivity index (χ1v) is 7.79. The molecule has 0 aromatic carbocycles. The number of rotatable bonds is 7. The lowest BCUT2D eigenvalue weighted by molar-refractivity contribution is 0.575. The van der Waals surface area contributed by atoms with Gasteiger partial charge in [-0.3, -0.25) is 0 Å². The van der Waals surface area contributed by atoms with E-state index in [1.807, 2.05) is 6.92 Å². The maximum Gasteiger partial charge on any atom is 0.242 e. The molecule has 1 heterocycles. The molecule has 0 radical (unpaired) electrons. The summed E-state index contributed by atoms with van der Waals surface area (Å²) < 4.78 is 26.5.